The number of piperidine rings is 1. The molecule has 1 aliphatic rings. The molecule has 1 saturated heterocycles. The third-order valence-electron chi connectivity index (χ3n) is 3.64. The zero-order chi connectivity index (χ0) is 14.7. The summed E-state index contributed by atoms with van der Waals surface area (Å²) in [6, 6.07) is 5.96. The second kappa shape index (κ2) is 6.28. The van der Waals surface area contributed by atoms with Crippen molar-refractivity contribution in [3.8, 4) is 0 Å². The van der Waals surface area contributed by atoms with Gasteiger partial charge in [-0.05, 0) is 30.8 Å². The maximum absolute atomic E-state index is 12.1. The maximum atomic E-state index is 12.1. The molecule has 0 bridgehead atoms. The van der Waals surface area contributed by atoms with Crippen LogP contribution in [0.1, 0.15) is 28.2 Å². The Morgan fingerprint density at radius 2 is 2.52 bits per heavy atom. The molecule has 1 amide bonds. The maximum Gasteiger partial charge on any atom is 0.269 e. The highest BCUT2D eigenvalue weighted by molar-refractivity contribution is 7.09. The lowest BCUT2D eigenvalue weighted by Gasteiger charge is -2.32. The number of amides is 1. The van der Waals surface area contributed by atoms with Gasteiger partial charge in [-0.1, -0.05) is 6.07 Å². The molecule has 0 unspecified atom stereocenters. The lowest BCUT2D eigenvalue weighted by molar-refractivity contribution is 0.0896. The Hall–Kier alpha value is -1.86. The van der Waals surface area contributed by atoms with Crippen LogP contribution in [0, 0.1) is 0 Å². The van der Waals surface area contributed by atoms with Gasteiger partial charge in [-0.2, -0.15) is 5.10 Å². The molecular weight excluding hydrogens is 286 g/mol. The first-order valence-electron chi connectivity index (χ1n) is 7.07. The first kappa shape index (κ1) is 14.1. The van der Waals surface area contributed by atoms with Gasteiger partial charge in [0.1, 0.15) is 11.5 Å². The van der Waals surface area contributed by atoms with Crippen molar-refractivity contribution in [1.82, 2.24) is 20.4 Å². The van der Waals surface area contributed by atoms with E-state index in [1.54, 1.807) is 17.4 Å². The number of hydrogen-bond donors (Lipinski definition) is 3. The van der Waals surface area contributed by atoms with Crippen molar-refractivity contribution in [2.45, 2.75) is 25.4 Å². The molecule has 3 rings (SSSR count). The summed E-state index contributed by atoms with van der Waals surface area (Å²) in [6.07, 6.45) is 2.11. The molecule has 3 heterocycles. The number of nitrogens with one attached hydrogen (secondary N) is 2. The summed E-state index contributed by atoms with van der Waals surface area (Å²) in [4.78, 5) is 15.9. The van der Waals surface area contributed by atoms with Crippen LogP contribution in [0.4, 0.5) is 5.82 Å². The Morgan fingerprint density at radius 3 is 3.24 bits per heavy atom. The van der Waals surface area contributed by atoms with Crippen molar-refractivity contribution in [2.75, 3.05) is 18.8 Å². The van der Waals surface area contributed by atoms with Crippen molar-refractivity contribution < 1.29 is 4.79 Å². The summed E-state index contributed by atoms with van der Waals surface area (Å²) in [5, 5.41) is 11.6. The molecule has 6 nitrogen and oxygen atoms in total. The predicted molar refractivity (Wildman–Crippen MR) is 83.1 cm³/mol. The number of nitrogen functional groups attached to an aromatic ring is 1. The average molecular weight is 305 g/mol. The summed E-state index contributed by atoms with van der Waals surface area (Å²) in [7, 11) is 0. The number of hydrogen-bond acceptors (Lipinski definition) is 5. The zero-order valence-corrected chi connectivity index (χ0v) is 12.5. The molecule has 112 valence electrons. The number of anilines is 1. The van der Waals surface area contributed by atoms with Crippen LogP contribution < -0.4 is 11.1 Å². The zero-order valence-electron chi connectivity index (χ0n) is 11.7. The van der Waals surface area contributed by atoms with E-state index in [1.807, 2.05) is 0 Å². The van der Waals surface area contributed by atoms with E-state index in [9.17, 15) is 4.79 Å². The van der Waals surface area contributed by atoms with Crippen molar-refractivity contribution in [1.29, 1.82) is 0 Å². The number of likely N-dealkylation sites (tertiary alicyclic amines) is 1. The van der Waals surface area contributed by atoms with Crippen LogP contribution in [-0.2, 0) is 6.54 Å². The van der Waals surface area contributed by atoms with Crippen LogP contribution in [0.15, 0.2) is 23.6 Å². The second-order valence-corrected chi connectivity index (χ2v) is 6.37. The number of H-pyrrole nitrogens is 1. The summed E-state index contributed by atoms with van der Waals surface area (Å²) in [6.45, 7) is 2.93. The molecule has 4 N–H and O–H groups in total. The molecule has 2 aromatic rings. The van der Waals surface area contributed by atoms with Crippen molar-refractivity contribution in [3.05, 3.63) is 34.2 Å². The number of aromatic amines is 1. The van der Waals surface area contributed by atoms with E-state index < -0.39 is 0 Å². The fourth-order valence-corrected chi connectivity index (χ4v) is 3.40. The van der Waals surface area contributed by atoms with Crippen molar-refractivity contribution in [3.63, 3.8) is 0 Å². The molecule has 0 spiro atoms. The Kier molecular flexibility index (Phi) is 4.21. The molecule has 0 aromatic carbocycles. The van der Waals surface area contributed by atoms with Gasteiger partial charge in [-0.25, -0.2) is 0 Å². The largest absolute Gasteiger partial charge is 0.382 e. The summed E-state index contributed by atoms with van der Waals surface area (Å²) < 4.78 is 0. The Balaban J connectivity index is 1.55. The van der Waals surface area contributed by atoms with Crippen LogP contribution in [0.2, 0.25) is 0 Å². The molecule has 2 aromatic heterocycles. The van der Waals surface area contributed by atoms with Crippen LogP contribution in [-0.4, -0.2) is 40.1 Å². The van der Waals surface area contributed by atoms with E-state index >= 15 is 0 Å². The third-order valence-corrected chi connectivity index (χ3v) is 4.50. The quantitative estimate of drug-likeness (QED) is 0.798. The first-order chi connectivity index (χ1) is 10.2. The Bertz CT molecular complexity index is 594. The number of carbonyl (C=O) groups is 1. The smallest absolute Gasteiger partial charge is 0.269 e. The fourth-order valence-electron chi connectivity index (χ4n) is 2.66. The van der Waals surface area contributed by atoms with Gasteiger partial charge in [0, 0.05) is 30.1 Å². The van der Waals surface area contributed by atoms with E-state index in [0.717, 1.165) is 32.5 Å². The molecule has 0 radical (unpaired) electrons. The average Bonchev–Trinajstić information content (AvgIpc) is 3.11. The monoisotopic (exact) mass is 305 g/mol. The second-order valence-electron chi connectivity index (χ2n) is 5.33. The number of carbonyl (C=O) groups excluding carboxylic acids is 1. The number of rotatable bonds is 4. The van der Waals surface area contributed by atoms with Gasteiger partial charge in [-0.15, -0.1) is 11.3 Å². The highest BCUT2D eigenvalue weighted by atomic mass is 32.1. The summed E-state index contributed by atoms with van der Waals surface area (Å²) in [5.74, 6) is 0.199. The van der Waals surface area contributed by atoms with Crippen LogP contribution >= 0.6 is 11.3 Å². The van der Waals surface area contributed by atoms with Gasteiger partial charge >= 0.3 is 0 Å². The van der Waals surface area contributed by atoms with Gasteiger partial charge < -0.3 is 11.1 Å². The predicted octanol–water partition coefficient (Wildman–Crippen LogP) is 1.45. The van der Waals surface area contributed by atoms with Crippen molar-refractivity contribution >= 4 is 23.1 Å². The lowest BCUT2D eigenvalue weighted by atomic mass is 10.1. The SMILES string of the molecule is Nc1cc(C(=O)N[C@@H]2CCCN(Cc3cccs3)C2)[nH]n1. The normalized spacial score (nSPS) is 19.5. The van der Waals surface area contributed by atoms with E-state index in [2.05, 4.69) is 37.9 Å². The lowest BCUT2D eigenvalue weighted by Crippen LogP contribution is -2.47. The highest BCUT2D eigenvalue weighted by Gasteiger charge is 2.22. The highest BCUT2D eigenvalue weighted by Crippen LogP contribution is 2.17. The standard InChI is InChI=1S/C14H19N5OS/c15-13-7-12(17-18-13)14(20)16-10-3-1-5-19(8-10)9-11-4-2-6-21-11/h2,4,6-7,10H,1,3,5,8-9H2,(H,16,20)(H3,15,17,18)/t10-/m1/s1. The third kappa shape index (κ3) is 3.62. The Morgan fingerprint density at radius 1 is 1.62 bits per heavy atom. The minimum absolute atomic E-state index is 0.137. The topological polar surface area (TPSA) is 87.0 Å². The van der Waals surface area contributed by atoms with E-state index in [1.165, 1.54) is 4.88 Å². The summed E-state index contributed by atoms with van der Waals surface area (Å²) >= 11 is 1.78. The van der Waals surface area contributed by atoms with E-state index in [4.69, 9.17) is 5.73 Å². The van der Waals surface area contributed by atoms with Gasteiger partial charge in [0.05, 0.1) is 0 Å². The molecule has 21 heavy (non-hydrogen) atoms. The van der Waals surface area contributed by atoms with E-state index in [0.29, 0.717) is 11.5 Å². The molecule has 1 fully saturated rings. The number of nitrogens with zero attached hydrogens (tertiary/aromatic N) is 2. The minimum Gasteiger partial charge on any atom is -0.382 e. The number of nitrogens with two attached hydrogens (primary N) is 1. The molecule has 0 aliphatic carbocycles. The molecule has 1 atom stereocenters. The van der Waals surface area contributed by atoms with Crippen molar-refractivity contribution in [2.24, 2.45) is 0 Å². The molecule has 7 heteroatoms. The van der Waals surface area contributed by atoms with Crippen LogP contribution in [0.5, 0.6) is 0 Å². The van der Waals surface area contributed by atoms with Gasteiger partial charge in [0.2, 0.25) is 0 Å². The molecule has 0 saturated carbocycles. The van der Waals surface area contributed by atoms with E-state index in [-0.39, 0.29) is 11.9 Å². The molecule has 1 aliphatic heterocycles. The van der Waals surface area contributed by atoms with Gasteiger partial charge in [-0.3, -0.25) is 14.8 Å². The number of thiophene rings is 1. The number of aromatic nitrogens is 2. The van der Waals surface area contributed by atoms with Gasteiger partial charge in [0.15, 0.2) is 0 Å². The Labute approximate surface area is 127 Å². The summed E-state index contributed by atoms with van der Waals surface area (Å²) in [5.41, 5.74) is 5.94. The first-order valence-corrected chi connectivity index (χ1v) is 7.95. The minimum atomic E-state index is -0.137. The van der Waals surface area contributed by atoms with Crippen LogP contribution in [0.3, 0.4) is 0 Å². The van der Waals surface area contributed by atoms with Crippen LogP contribution in [0.25, 0.3) is 0 Å². The molecular formula is C14H19N5OS. The fraction of sp³-hybridized carbons (Fsp3) is 0.429. The van der Waals surface area contributed by atoms with Gasteiger partial charge in [0.25, 0.3) is 5.91 Å².